The van der Waals surface area contributed by atoms with E-state index in [0.29, 0.717) is 11.3 Å². The van der Waals surface area contributed by atoms with Crippen LogP contribution in [0.4, 0.5) is 13.2 Å². The number of hydrogen-bond acceptors (Lipinski definition) is 3. The minimum atomic E-state index is -4.31. The number of carbonyl (C=O) groups is 1. The predicted octanol–water partition coefficient (Wildman–Crippen LogP) is 0.954. The van der Waals surface area contributed by atoms with E-state index in [9.17, 15) is 18.0 Å². The van der Waals surface area contributed by atoms with Crippen LogP contribution in [0, 0.1) is 0 Å². The molecule has 0 radical (unpaired) electrons. The molecule has 0 aliphatic carbocycles. The van der Waals surface area contributed by atoms with E-state index < -0.39 is 18.2 Å². The van der Waals surface area contributed by atoms with Crippen molar-refractivity contribution in [3.63, 3.8) is 0 Å². The van der Waals surface area contributed by atoms with E-state index >= 15 is 0 Å². The number of benzene rings is 1. The SMILES string of the molecule is COC(=O)COc1ccc(CC([NH3+])C(F)(F)F)cc1. The lowest BCUT2D eigenvalue weighted by molar-refractivity contribution is -0.480. The summed E-state index contributed by atoms with van der Waals surface area (Å²) in [5, 5.41) is 0. The normalized spacial score (nSPS) is 12.9. The third kappa shape index (κ3) is 5.17. The number of hydrogen-bond donors (Lipinski definition) is 1. The van der Waals surface area contributed by atoms with Gasteiger partial charge in [-0.2, -0.15) is 13.2 Å². The molecule has 0 heterocycles. The molecule has 0 aliphatic heterocycles. The van der Waals surface area contributed by atoms with Crippen LogP contribution in [0.1, 0.15) is 5.56 Å². The Bertz CT molecular complexity index is 417. The van der Waals surface area contributed by atoms with Crippen molar-refractivity contribution >= 4 is 5.97 Å². The van der Waals surface area contributed by atoms with Crippen molar-refractivity contribution in [2.75, 3.05) is 13.7 Å². The average molecular weight is 278 g/mol. The van der Waals surface area contributed by atoms with Gasteiger partial charge in [-0.25, -0.2) is 4.79 Å². The third-order valence-electron chi connectivity index (χ3n) is 2.45. The Morgan fingerprint density at radius 1 is 1.32 bits per heavy atom. The Morgan fingerprint density at radius 3 is 2.37 bits per heavy atom. The largest absolute Gasteiger partial charge is 0.482 e. The maximum atomic E-state index is 12.3. The molecule has 1 unspecified atom stereocenters. The van der Waals surface area contributed by atoms with E-state index in [0.717, 1.165) is 0 Å². The van der Waals surface area contributed by atoms with Gasteiger partial charge in [0, 0.05) is 6.42 Å². The molecule has 1 aromatic rings. The quantitative estimate of drug-likeness (QED) is 0.816. The molecule has 0 amide bonds. The maximum Gasteiger partial charge on any atom is 0.441 e. The Labute approximate surface area is 108 Å². The smallest absolute Gasteiger partial charge is 0.441 e. The van der Waals surface area contributed by atoms with Crippen LogP contribution in [0.3, 0.4) is 0 Å². The summed E-state index contributed by atoms with van der Waals surface area (Å²) in [4.78, 5) is 10.8. The van der Waals surface area contributed by atoms with E-state index in [2.05, 4.69) is 10.5 Å². The Morgan fingerprint density at radius 2 is 1.89 bits per heavy atom. The molecular weight excluding hydrogens is 263 g/mol. The molecule has 0 saturated heterocycles. The summed E-state index contributed by atoms with van der Waals surface area (Å²) < 4.78 is 46.4. The molecule has 0 aliphatic rings. The van der Waals surface area contributed by atoms with Crippen LogP contribution in [0.5, 0.6) is 5.75 Å². The van der Waals surface area contributed by atoms with Crippen LogP contribution >= 0.6 is 0 Å². The summed E-state index contributed by atoms with van der Waals surface area (Å²) in [6.45, 7) is -0.240. The van der Waals surface area contributed by atoms with Crippen LogP contribution in [-0.4, -0.2) is 31.9 Å². The van der Waals surface area contributed by atoms with Crippen LogP contribution in [0.25, 0.3) is 0 Å². The van der Waals surface area contributed by atoms with E-state index in [-0.39, 0.29) is 13.0 Å². The van der Waals surface area contributed by atoms with Gasteiger partial charge in [0.1, 0.15) is 5.75 Å². The molecule has 1 rings (SSSR count). The lowest BCUT2D eigenvalue weighted by Gasteiger charge is -2.12. The van der Waals surface area contributed by atoms with Crippen molar-refractivity contribution in [1.82, 2.24) is 0 Å². The zero-order valence-electron chi connectivity index (χ0n) is 10.4. The first kappa shape index (κ1) is 15.3. The van der Waals surface area contributed by atoms with Gasteiger partial charge in [0.2, 0.25) is 0 Å². The van der Waals surface area contributed by atoms with Gasteiger partial charge >= 0.3 is 12.1 Å². The minimum absolute atomic E-state index is 0.194. The highest BCUT2D eigenvalue weighted by atomic mass is 19.4. The second-order valence-electron chi connectivity index (χ2n) is 3.95. The van der Waals surface area contributed by atoms with Crippen LogP contribution in [0.15, 0.2) is 24.3 Å². The first-order valence-corrected chi connectivity index (χ1v) is 5.51. The number of quaternary nitrogens is 1. The molecule has 1 aromatic carbocycles. The van der Waals surface area contributed by atoms with Gasteiger partial charge in [-0.1, -0.05) is 12.1 Å². The number of carbonyl (C=O) groups excluding carboxylic acids is 1. The Hall–Kier alpha value is -1.76. The highest BCUT2D eigenvalue weighted by molar-refractivity contribution is 5.70. The summed E-state index contributed by atoms with van der Waals surface area (Å²) in [5.74, 6) is -0.138. The summed E-state index contributed by atoms with van der Waals surface area (Å²) >= 11 is 0. The van der Waals surface area contributed by atoms with Gasteiger partial charge in [0.05, 0.1) is 7.11 Å². The number of alkyl halides is 3. The third-order valence-corrected chi connectivity index (χ3v) is 2.45. The average Bonchev–Trinajstić information content (AvgIpc) is 2.36. The number of methoxy groups -OCH3 is 1. The molecule has 0 aromatic heterocycles. The van der Waals surface area contributed by atoms with Crippen LogP contribution in [-0.2, 0) is 16.0 Å². The molecule has 0 bridgehead atoms. The monoisotopic (exact) mass is 278 g/mol. The van der Waals surface area contributed by atoms with E-state index in [4.69, 9.17) is 4.74 Å². The van der Waals surface area contributed by atoms with E-state index in [1.165, 1.54) is 31.4 Å². The zero-order chi connectivity index (χ0) is 14.5. The lowest BCUT2D eigenvalue weighted by atomic mass is 10.1. The van der Waals surface area contributed by atoms with Gasteiger partial charge in [0.25, 0.3) is 0 Å². The molecule has 106 valence electrons. The molecule has 3 N–H and O–H groups in total. The van der Waals surface area contributed by atoms with Crippen molar-refractivity contribution < 1.29 is 33.2 Å². The molecule has 1 atom stereocenters. The van der Waals surface area contributed by atoms with Gasteiger partial charge in [-0.05, 0) is 17.7 Å². The first-order chi connectivity index (χ1) is 8.82. The minimum Gasteiger partial charge on any atom is -0.482 e. The second-order valence-corrected chi connectivity index (χ2v) is 3.95. The van der Waals surface area contributed by atoms with E-state index in [1.54, 1.807) is 0 Å². The Balaban J connectivity index is 2.54. The number of ether oxygens (including phenoxy) is 2. The van der Waals surface area contributed by atoms with Crippen molar-refractivity contribution in [2.45, 2.75) is 18.6 Å². The van der Waals surface area contributed by atoms with Crippen molar-refractivity contribution in [3.8, 4) is 5.75 Å². The molecule has 19 heavy (non-hydrogen) atoms. The number of rotatable bonds is 5. The highest BCUT2D eigenvalue weighted by Gasteiger charge is 2.40. The van der Waals surface area contributed by atoms with Crippen molar-refractivity contribution in [1.29, 1.82) is 0 Å². The summed E-state index contributed by atoms with van der Waals surface area (Å²) in [5.41, 5.74) is 3.58. The predicted molar refractivity (Wildman–Crippen MR) is 60.4 cm³/mol. The van der Waals surface area contributed by atoms with Crippen LogP contribution < -0.4 is 10.5 Å². The maximum absolute atomic E-state index is 12.3. The summed E-state index contributed by atoms with van der Waals surface area (Å²) in [6.07, 6.45) is -4.50. The van der Waals surface area contributed by atoms with Gasteiger partial charge in [-0.15, -0.1) is 0 Å². The summed E-state index contributed by atoms with van der Waals surface area (Å²) in [7, 11) is 1.24. The topological polar surface area (TPSA) is 63.2 Å². The second kappa shape index (κ2) is 6.42. The number of halogens is 3. The Kier molecular flexibility index (Phi) is 5.17. The first-order valence-electron chi connectivity index (χ1n) is 5.51. The molecule has 0 fully saturated rings. The zero-order valence-corrected chi connectivity index (χ0v) is 10.4. The fraction of sp³-hybridized carbons (Fsp3) is 0.417. The van der Waals surface area contributed by atoms with Gasteiger partial charge < -0.3 is 15.2 Å². The molecule has 0 spiro atoms. The lowest BCUT2D eigenvalue weighted by Crippen LogP contribution is -2.68. The molecular formula is C12H15F3NO3+. The number of esters is 1. The molecule has 4 nitrogen and oxygen atoms in total. The standard InChI is InChI=1S/C12H14F3NO3/c1-18-11(17)7-19-9-4-2-8(3-5-9)6-10(16)12(13,14)15/h2-5,10H,6-7,16H2,1H3/p+1. The van der Waals surface area contributed by atoms with Gasteiger partial charge in [-0.3, -0.25) is 0 Å². The fourth-order valence-electron chi connectivity index (χ4n) is 1.32. The fourth-order valence-corrected chi connectivity index (χ4v) is 1.32. The van der Waals surface area contributed by atoms with Gasteiger partial charge in [0.15, 0.2) is 12.6 Å². The molecule has 7 heteroatoms. The highest BCUT2D eigenvalue weighted by Crippen LogP contribution is 2.21. The summed E-state index contributed by atoms with van der Waals surface area (Å²) in [6, 6.07) is 4.38. The van der Waals surface area contributed by atoms with Crippen molar-refractivity contribution in [3.05, 3.63) is 29.8 Å². The van der Waals surface area contributed by atoms with Crippen molar-refractivity contribution in [2.24, 2.45) is 0 Å². The molecule has 0 saturated carbocycles. The van der Waals surface area contributed by atoms with E-state index in [1.807, 2.05) is 0 Å². The van der Waals surface area contributed by atoms with Crippen LogP contribution in [0.2, 0.25) is 0 Å².